The summed E-state index contributed by atoms with van der Waals surface area (Å²) >= 11 is 7.50. The Morgan fingerprint density at radius 3 is 2.66 bits per heavy atom. The van der Waals surface area contributed by atoms with Crippen molar-refractivity contribution in [2.24, 2.45) is 0 Å². The Balaban J connectivity index is 1.89. The number of esters is 1. The number of nitrogens with zero attached hydrogens (tertiary/aromatic N) is 2. The summed E-state index contributed by atoms with van der Waals surface area (Å²) in [6.07, 6.45) is 1.26. The Labute approximate surface area is 176 Å². The number of anilines is 2. The van der Waals surface area contributed by atoms with E-state index in [1.165, 1.54) is 36.6 Å². The first-order valence-corrected chi connectivity index (χ1v) is 9.77. The van der Waals surface area contributed by atoms with Crippen LogP contribution in [0.4, 0.5) is 16.2 Å². The number of pyridine rings is 1. The molecule has 0 fully saturated rings. The molecule has 8 nitrogen and oxygen atoms in total. The number of nitrogens with one attached hydrogen (secondary N) is 2. The van der Waals surface area contributed by atoms with Gasteiger partial charge in [-0.25, -0.2) is 19.6 Å². The maximum absolute atomic E-state index is 12.6. The quantitative estimate of drug-likeness (QED) is 0.559. The number of urea groups is 1. The molecule has 2 amide bonds. The minimum atomic E-state index is -0.555. The number of ether oxygens (including phenoxy) is 2. The van der Waals surface area contributed by atoms with Crippen molar-refractivity contribution in [3.63, 3.8) is 0 Å². The van der Waals surface area contributed by atoms with Crippen LogP contribution in [0, 0.1) is 6.92 Å². The average Bonchev–Trinajstić information content (AvgIpc) is 3.06. The van der Waals surface area contributed by atoms with Gasteiger partial charge in [-0.05, 0) is 32.0 Å². The molecule has 1 atom stereocenters. The molecule has 0 aliphatic rings. The van der Waals surface area contributed by atoms with Crippen LogP contribution in [0.5, 0.6) is 0 Å². The lowest BCUT2D eigenvalue weighted by atomic mass is 10.1. The summed E-state index contributed by atoms with van der Waals surface area (Å²) in [5.41, 5.74) is 2.47. The van der Waals surface area contributed by atoms with Gasteiger partial charge in [0.1, 0.15) is 10.3 Å². The van der Waals surface area contributed by atoms with E-state index in [2.05, 4.69) is 20.6 Å². The van der Waals surface area contributed by atoms with Crippen molar-refractivity contribution in [2.45, 2.75) is 20.0 Å². The smallest absolute Gasteiger partial charge is 0.337 e. The number of thiazole rings is 1. The summed E-state index contributed by atoms with van der Waals surface area (Å²) in [4.78, 5) is 34.0. The molecule has 2 N–H and O–H groups in total. The maximum atomic E-state index is 12.6. The summed E-state index contributed by atoms with van der Waals surface area (Å²) in [5.74, 6) is -0.555. The van der Waals surface area contributed by atoms with Gasteiger partial charge in [0.15, 0.2) is 0 Å². The summed E-state index contributed by atoms with van der Waals surface area (Å²) in [7, 11) is 2.85. The summed E-state index contributed by atoms with van der Waals surface area (Å²) in [6.45, 7) is 3.76. The number of methoxy groups -OCH3 is 2. The van der Waals surface area contributed by atoms with E-state index in [4.69, 9.17) is 21.1 Å². The van der Waals surface area contributed by atoms with E-state index in [0.717, 1.165) is 15.4 Å². The summed E-state index contributed by atoms with van der Waals surface area (Å²) in [5, 5.41) is 6.59. The number of carbonyl (C=O) groups excluding carboxylic acids is 2. The zero-order valence-corrected chi connectivity index (χ0v) is 17.8. The minimum Gasteiger partial charge on any atom is -0.465 e. The number of hydrogen-bond acceptors (Lipinski definition) is 7. The molecule has 0 aliphatic heterocycles. The molecule has 3 rings (SSSR count). The molecule has 0 aliphatic carbocycles. The lowest BCUT2D eigenvalue weighted by Crippen LogP contribution is -2.21. The number of halogens is 1. The molecule has 0 spiro atoms. The largest absolute Gasteiger partial charge is 0.465 e. The highest BCUT2D eigenvalue weighted by Gasteiger charge is 2.20. The first-order valence-electron chi connectivity index (χ1n) is 8.58. The number of amides is 2. The molecule has 0 radical (unpaired) electrons. The van der Waals surface area contributed by atoms with Gasteiger partial charge in [-0.2, -0.15) is 0 Å². The van der Waals surface area contributed by atoms with Crippen LogP contribution >= 0.6 is 22.9 Å². The second-order valence-corrected chi connectivity index (χ2v) is 7.77. The summed E-state index contributed by atoms with van der Waals surface area (Å²) in [6, 6.07) is 3.93. The van der Waals surface area contributed by atoms with Crippen LogP contribution in [0.15, 0.2) is 24.4 Å². The number of benzene rings is 1. The van der Waals surface area contributed by atoms with Gasteiger partial charge < -0.3 is 20.1 Å². The van der Waals surface area contributed by atoms with Crippen molar-refractivity contribution in [2.75, 3.05) is 24.9 Å². The van der Waals surface area contributed by atoms with Gasteiger partial charge in [0.25, 0.3) is 0 Å². The Hall–Kier alpha value is -2.75. The molecule has 0 saturated heterocycles. The number of rotatable bonds is 5. The Morgan fingerprint density at radius 2 is 1.97 bits per heavy atom. The molecule has 29 heavy (non-hydrogen) atoms. The fourth-order valence-electron chi connectivity index (χ4n) is 2.81. The number of carbonyl (C=O) groups is 2. The predicted molar refractivity (Wildman–Crippen MR) is 113 cm³/mol. The van der Waals surface area contributed by atoms with Crippen LogP contribution in [0.25, 0.3) is 10.3 Å². The molecule has 2 aromatic heterocycles. The zero-order chi connectivity index (χ0) is 21.1. The van der Waals surface area contributed by atoms with E-state index in [-0.39, 0.29) is 16.7 Å². The molecular formula is C19H19ClN4O4S. The molecule has 10 heteroatoms. The highest BCUT2D eigenvalue weighted by Crippen LogP contribution is 2.33. The van der Waals surface area contributed by atoms with Crippen molar-refractivity contribution in [3.8, 4) is 0 Å². The second-order valence-electron chi connectivity index (χ2n) is 6.15. The molecule has 0 bridgehead atoms. The highest BCUT2D eigenvalue weighted by molar-refractivity contribution is 7.18. The lowest BCUT2D eigenvalue weighted by molar-refractivity contribution is 0.0600. The van der Waals surface area contributed by atoms with Gasteiger partial charge in [0.05, 0.1) is 35.7 Å². The van der Waals surface area contributed by atoms with Gasteiger partial charge in [-0.1, -0.05) is 22.9 Å². The van der Waals surface area contributed by atoms with E-state index in [1.807, 2.05) is 13.8 Å². The van der Waals surface area contributed by atoms with Crippen molar-refractivity contribution >= 4 is 56.7 Å². The van der Waals surface area contributed by atoms with Crippen LogP contribution in [0.1, 0.15) is 34.0 Å². The van der Waals surface area contributed by atoms with Crippen LogP contribution in [-0.2, 0) is 9.47 Å². The normalized spacial score (nSPS) is 11.9. The standard InChI is InChI=1S/C19H19ClN4O4S/c1-9(27-3)15-14(8-21-17-16(15)22-10(2)29-17)24-19(26)23-13-6-11(18(25)28-4)5-12(20)7-13/h5-9H,1-4H3,(H2,23,24,26). The average molecular weight is 435 g/mol. The van der Waals surface area contributed by atoms with Crippen molar-refractivity contribution in [1.82, 2.24) is 9.97 Å². The molecule has 2 heterocycles. The van der Waals surface area contributed by atoms with Gasteiger partial charge in [0, 0.05) is 23.4 Å². The van der Waals surface area contributed by atoms with Gasteiger partial charge >= 0.3 is 12.0 Å². The van der Waals surface area contributed by atoms with Gasteiger partial charge in [0.2, 0.25) is 0 Å². The van der Waals surface area contributed by atoms with Gasteiger partial charge in [-0.3, -0.25) is 0 Å². The topological polar surface area (TPSA) is 102 Å². The monoisotopic (exact) mass is 434 g/mol. The van der Waals surface area contributed by atoms with Crippen LogP contribution in [-0.4, -0.2) is 36.2 Å². The van der Waals surface area contributed by atoms with E-state index in [9.17, 15) is 9.59 Å². The number of fused-ring (bicyclic) bond motifs is 1. The number of hydrogen-bond donors (Lipinski definition) is 2. The van der Waals surface area contributed by atoms with E-state index in [1.54, 1.807) is 13.3 Å². The highest BCUT2D eigenvalue weighted by atomic mass is 35.5. The maximum Gasteiger partial charge on any atom is 0.337 e. The Bertz CT molecular complexity index is 1090. The van der Waals surface area contributed by atoms with Crippen molar-refractivity contribution < 1.29 is 19.1 Å². The van der Waals surface area contributed by atoms with E-state index < -0.39 is 12.0 Å². The SMILES string of the molecule is COC(=O)c1cc(Cl)cc(NC(=O)Nc2cnc3sc(C)nc3c2C(C)OC)c1. The molecule has 0 saturated carbocycles. The Kier molecular flexibility index (Phi) is 6.31. The molecule has 1 unspecified atom stereocenters. The minimum absolute atomic E-state index is 0.227. The zero-order valence-electron chi connectivity index (χ0n) is 16.2. The Morgan fingerprint density at radius 1 is 1.21 bits per heavy atom. The van der Waals surface area contributed by atoms with Crippen LogP contribution in [0.3, 0.4) is 0 Å². The number of aromatic nitrogens is 2. The molecule has 152 valence electrons. The lowest BCUT2D eigenvalue weighted by Gasteiger charge is -2.16. The third-order valence-corrected chi connectivity index (χ3v) is 5.25. The van der Waals surface area contributed by atoms with E-state index >= 15 is 0 Å². The van der Waals surface area contributed by atoms with Gasteiger partial charge in [-0.15, -0.1) is 0 Å². The first kappa shape index (κ1) is 21.0. The van der Waals surface area contributed by atoms with Crippen LogP contribution in [0.2, 0.25) is 5.02 Å². The predicted octanol–water partition coefficient (Wildman–Crippen LogP) is 4.79. The third-order valence-electron chi connectivity index (χ3n) is 4.16. The van der Waals surface area contributed by atoms with E-state index in [0.29, 0.717) is 16.9 Å². The van der Waals surface area contributed by atoms with Crippen LogP contribution < -0.4 is 10.6 Å². The molecular weight excluding hydrogens is 416 g/mol. The van der Waals surface area contributed by atoms with Crippen molar-refractivity contribution in [3.05, 3.63) is 45.6 Å². The summed E-state index contributed by atoms with van der Waals surface area (Å²) < 4.78 is 10.2. The second kappa shape index (κ2) is 8.73. The number of aryl methyl sites for hydroxylation is 1. The third kappa shape index (κ3) is 4.64. The fraction of sp³-hybridized carbons (Fsp3) is 0.263. The fourth-order valence-corrected chi connectivity index (χ4v) is 3.82. The molecule has 3 aromatic rings. The molecule has 1 aromatic carbocycles. The first-order chi connectivity index (χ1) is 13.8. The van der Waals surface area contributed by atoms with Crippen molar-refractivity contribution in [1.29, 1.82) is 0 Å².